The summed E-state index contributed by atoms with van der Waals surface area (Å²) in [5.41, 5.74) is 0. The van der Waals surface area contributed by atoms with E-state index in [2.05, 4.69) is 4.94 Å². The quantitative estimate of drug-likeness (QED) is 0.551. The Morgan fingerprint density at radius 1 is 1.00 bits per heavy atom. The zero-order chi connectivity index (χ0) is 6.62. The zero-order valence-electron chi connectivity index (χ0n) is 4.76. The molecule has 8 heavy (non-hydrogen) atoms. The summed E-state index contributed by atoms with van der Waals surface area (Å²) >= 11 is 14.9. The molecule has 0 aliphatic rings. The van der Waals surface area contributed by atoms with Gasteiger partial charge in [0.15, 0.2) is 0 Å². The van der Waals surface area contributed by atoms with Crippen molar-refractivity contribution >= 4 is 53.2 Å². The molecule has 0 radical (unpaired) electrons. The van der Waals surface area contributed by atoms with Gasteiger partial charge in [-0.2, -0.15) is 0 Å². The summed E-state index contributed by atoms with van der Waals surface area (Å²) in [6.07, 6.45) is 0. The molecule has 0 aliphatic carbocycles. The van der Waals surface area contributed by atoms with E-state index in [1.54, 1.807) is 0 Å². The predicted molar refractivity (Wildman–Crippen MR) is 43.8 cm³/mol. The third-order valence-corrected chi connectivity index (χ3v) is 19.5. The Balaban J connectivity index is 3.58. The van der Waals surface area contributed by atoms with E-state index < -0.39 is 18.4 Å². The molecule has 0 bridgehead atoms. The fourth-order valence-electron chi connectivity index (χ4n) is 0.107. The first-order valence-corrected chi connectivity index (χ1v) is 12.9. The van der Waals surface area contributed by atoms with Gasteiger partial charge < -0.3 is 0 Å². The van der Waals surface area contributed by atoms with Crippen molar-refractivity contribution in [3.8, 4) is 0 Å². The molecule has 0 saturated carbocycles. The van der Waals surface area contributed by atoms with Gasteiger partial charge in [0.05, 0.1) is 0 Å². The van der Waals surface area contributed by atoms with Gasteiger partial charge >= 0.3 is 69.8 Å². The van der Waals surface area contributed by atoms with E-state index >= 15 is 0 Å². The van der Waals surface area contributed by atoms with Crippen molar-refractivity contribution in [3.05, 3.63) is 0 Å². The molecule has 0 aromatic heterocycles. The van der Waals surface area contributed by atoms with Crippen LogP contribution in [0, 0.1) is 0 Å². The van der Waals surface area contributed by atoms with Crippen molar-refractivity contribution in [1.29, 1.82) is 0 Å². The maximum atomic E-state index is 5.63. The van der Waals surface area contributed by atoms with Crippen LogP contribution in [0.15, 0.2) is 0 Å². The summed E-state index contributed by atoms with van der Waals surface area (Å²) in [4.78, 5) is 2.17. The predicted octanol–water partition coefficient (Wildman–Crippen LogP) is 2.40. The molecular weight excluding hydrogens is 273 g/mol. The first-order valence-electron chi connectivity index (χ1n) is 2.36. The Kier molecular flexibility index (Phi) is 5.41. The van der Waals surface area contributed by atoms with Crippen LogP contribution in [0.3, 0.4) is 0 Å². The van der Waals surface area contributed by atoms with Crippen LogP contribution in [0.4, 0.5) is 0 Å². The van der Waals surface area contributed by atoms with Crippen LogP contribution in [0.2, 0.25) is 4.94 Å². The fraction of sp³-hybridized carbons (Fsp3) is 1.00. The molecule has 0 atom stereocenters. The second-order valence-corrected chi connectivity index (χ2v) is 20.2. The van der Waals surface area contributed by atoms with Gasteiger partial charge in [-0.15, -0.1) is 0 Å². The van der Waals surface area contributed by atoms with Gasteiger partial charge in [-0.3, -0.25) is 0 Å². The molecule has 0 aliphatic heterocycles. The average molecular weight is 282 g/mol. The van der Waals surface area contributed by atoms with Crippen LogP contribution >= 0.6 is 34.8 Å². The second-order valence-electron chi connectivity index (χ2n) is 2.21. The Morgan fingerprint density at radius 3 is 1.25 bits per heavy atom. The number of alkyl halides is 3. The molecular formula is C4H9Cl3Sn. The number of hydrogen-bond donors (Lipinski definition) is 0. The van der Waals surface area contributed by atoms with Gasteiger partial charge in [-0.25, -0.2) is 0 Å². The molecule has 4 heteroatoms. The van der Waals surface area contributed by atoms with E-state index in [4.69, 9.17) is 34.8 Å². The van der Waals surface area contributed by atoms with E-state index in [0.29, 0.717) is 0 Å². The van der Waals surface area contributed by atoms with Crippen LogP contribution in [-0.4, -0.2) is 30.1 Å². The van der Waals surface area contributed by atoms with Crippen LogP contribution in [0.5, 0.6) is 0 Å². The Labute approximate surface area is 69.4 Å². The summed E-state index contributed by atoms with van der Waals surface area (Å²) in [5, 5.41) is 0. The summed E-state index contributed by atoms with van der Waals surface area (Å²) in [6, 6.07) is 0. The number of halogens is 3. The van der Waals surface area contributed by atoms with E-state index in [0.717, 1.165) is 11.7 Å². The molecule has 0 nitrogen and oxygen atoms in total. The van der Waals surface area contributed by atoms with Crippen molar-refractivity contribution in [2.75, 3.05) is 11.7 Å². The summed E-state index contributed by atoms with van der Waals surface area (Å²) in [5.74, 6) is 0. The number of rotatable bonds is 3. The molecule has 0 heterocycles. The molecule has 0 aromatic rings. The van der Waals surface area contributed by atoms with Gasteiger partial charge in [0.1, 0.15) is 0 Å². The third-order valence-electron chi connectivity index (χ3n) is 0.968. The van der Waals surface area contributed by atoms with Gasteiger partial charge in [0.2, 0.25) is 0 Å². The van der Waals surface area contributed by atoms with Crippen molar-refractivity contribution in [3.63, 3.8) is 0 Å². The van der Waals surface area contributed by atoms with Crippen LogP contribution < -0.4 is 0 Å². The monoisotopic (exact) mass is 282 g/mol. The Bertz CT molecular complexity index is 54.0. The normalized spacial score (nSPS) is 12.0. The molecule has 0 rings (SSSR count). The first kappa shape index (κ1) is 9.67. The molecule has 50 valence electrons. The van der Waals surface area contributed by atoms with Gasteiger partial charge in [0, 0.05) is 0 Å². The summed E-state index contributed by atoms with van der Waals surface area (Å²) in [6.45, 7) is 0. The number of hydrogen-bond acceptors (Lipinski definition) is 0. The Morgan fingerprint density at radius 2 is 1.25 bits per heavy atom. The molecule has 0 unspecified atom stereocenters. The summed E-state index contributed by atoms with van der Waals surface area (Å²) in [7, 11) is 0. The second kappa shape index (κ2) is 4.48. The molecule has 0 saturated heterocycles. The molecule has 0 amide bonds. The van der Waals surface area contributed by atoms with Gasteiger partial charge in [0.25, 0.3) is 0 Å². The summed E-state index contributed by atoms with van der Waals surface area (Å²) < 4.78 is 2.21. The third kappa shape index (κ3) is 3.00. The fourth-order valence-corrected chi connectivity index (χ4v) is 6.47. The SMILES string of the molecule is [CH3][Sn]([CH2]Cl)([CH2]Cl)[CH2]Cl. The van der Waals surface area contributed by atoms with Crippen molar-refractivity contribution in [2.24, 2.45) is 0 Å². The average Bonchev–Trinajstić information content (AvgIpc) is 1.87. The minimum absolute atomic E-state index is 0.738. The van der Waals surface area contributed by atoms with E-state index in [1.165, 1.54) is 0 Å². The van der Waals surface area contributed by atoms with E-state index in [-0.39, 0.29) is 0 Å². The molecule has 0 spiro atoms. The molecule has 0 aromatic carbocycles. The van der Waals surface area contributed by atoms with E-state index in [9.17, 15) is 0 Å². The van der Waals surface area contributed by atoms with Gasteiger partial charge in [-0.05, 0) is 0 Å². The standard InChI is InChI=1S/3CH2Cl.CH3.Sn/c3*1-2;;/h3*1H2;1H3;. The van der Waals surface area contributed by atoms with Crippen LogP contribution in [-0.2, 0) is 0 Å². The zero-order valence-corrected chi connectivity index (χ0v) is 9.88. The van der Waals surface area contributed by atoms with Crippen LogP contribution in [0.1, 0.15) is 0 Å². The Hall–Kier alpha value is 1.67. The maximum absolute atomic E-state index is 5.63. The van der Waals surface area contributed by atoms with Crippen molar-refractivity contribution in [2.45, 2.75) is 4.94 Å². The molecule has 0 fully saturated rings. The topological polar surface area (TPSA) is 0 Å². The van der Waals surface area contributed by atoms with Gasteiger partial charge in [-0.1, -0.05) is 0 Å². The van der Waals surface area contributed by atoms with Crippen molar-refractivity contribution < 1.29 is 0 Å². The minimum atomic E-state index is -2.04. The first-order chi connectivity index (χ1) is 3.68. The molecule has 0 N–H and O–H groups in total. The van der Waals surface area contributed by atoms with Crippen LogP contribution in [0.25, 0.3) is 0 Å². The van der Waals surface area contributed by atoms with Crippen molar-refractivity contribution in [1.82, 2.24) is 0 Å². The van der Waals surface area contributed by atoms with E-state index in [1.807, 2.05) is 0 Å².